The van der Waals surface area contributed by atoms with Crippen molar-refractivity contribution in [3.63, 3.8) is 0 Å². The van der Waals surface area contributed by atoms with Gasteiger partial charge in [-0.2, -0.15) is 0 Å². The SMILES string of the molecule is COc1nc([N+](=O)[O-])cc(C=O)c1C(F)F. The number of nitrogens with zero attached hydrogens (tertiary/aromatic N) is 2. The van der Waals surface area contributed by atoms with Crippen LogP contribution in [0.4, 0.5) is 14.6 Å². The maximum Gasteiger partial charge on any atom is 0.368 e. The number of hydrogen-bond acceptors (Lipinski definition) is 5. The molecule has 0 unspecified atom stereocenters. The summed E-state index contributed by atoms with van der Waals surface area (Å²) in [6.45, 7) is 0. The summed E-state index contributed by atoms with van der Waals surface area (Å²) in [6.07, 6.45) is -2.90. The molecule has 8 heteroatoms. The second kappa shape index (κ2) is 4.60. The highest BCUT2D eigenvalue weighted by Crippen LogP contribution is 2.32. The van der Waals surface area contributed by atoms with Gasteiger partial charge in [0.25, 0.3) is 6.43 Å². The van der Waals surface area contributed by atoms with Crippen LogP contribution in [-0.2, 0) is 0 Å². The van der Waals surface area contributed by atoms with Crippen molar-refractivity contribution in [2.75, 3.05) is 7.11 Å². The van der Waals surface area contributed by atoms with Crippen molar-refractivity contribution in [3.05, 3.63) is 27.3 Å². The number of pyridine rings is 1. The predicted octanol–water partition coefficient (Wildman–Crippen LogP) is 1.75. The van der Waals surface area contributed by atoms with Gasteiger partial charge in [-0.05, 0) is 4.92 Å². The summed E-state index contributed by atoms with van der Waals surface area (Å²) in [5.74, 6) is -1.34. The molecule has 6 nitrogen and oxygen atoms in total. The Morgan fingerprint density at radius 3 is 2.62 bits per heavy atom. The van der Waals surface area contributed by atoms with Gasteiger partial charge in [0, 0.05) is 16.6 Å². The van der Waals surface area contributed by atoms with Gasteiger partial charge in [0.05, 0.1) is 7.11 Å². The minimum Gasteiger partial charge on any atom is -0.462 e. The van der Waals surface area contributed by atoms with Crippen molar-refractivity contribution >= 4 is 12.1 Å². The average molecular weight is 232 g/mol. The van der Waals surface area contributed by atoms with E-state index < -0.39 is 34.2 Å². The van der Waals surface area contributed by atoms with Gasteiger partial charge < -0.3 is 14.9 Å². The maximum absolute atomic E-state index is 12.5. The number of carbonyl (C=O) groups is 1. The molecular weight excluding hydrogens is 226 g/mol. The minimum absolute atomic E-state index is 0.0959. The summed E-state index contributed by atoms with van der Waals surface area (Å²) >= 11 is 0. The van der Waals surface area contributed by atoms with Crippen LogP contribution in [0.1, 0.15) is 22.3 Å². The second-order valence-electron chi connectivity index (χ2n) is 2.67. The number of alkyl halides is 2. The van der Waals surface area contributed by atoms with Gasteiger partial charge >= 0.3 is 11.7 Å². The van der Waals surface area contributed by atoms with Crippen molar-refractivity contribution < 1.29 is 23.2 Å². The van der Waals surface area contributed by atoms with Crippen LogP contribution in [0.3, 0.4) is 0 Å². The van der Waals surface area contributed by atoms with Gasteiger partial charge in [0.15, 0.2) is 6.29 Å². The van der Waals surface area contributed by atoms with Crippen molar-refractivity contribution in [3.8, 4) is 5.88 Å². The average Bonchev–Trinajstić information content (AvgIpc) is 2.26. The molecule has 86 valence electrons. The zero-order valence-electron chi connectivity index (χ0n) is 8.02. The van der Waals surface area contributed by atoms with Crippen molar-refractivity contribution in [2.45, 2.75) is 6.43 Å². The fraction of sp³-hybridized carbons (Fsp3) is 0.250. The highest BCUT2D eigenvalue weighted by atomic mass is 19.3. The van der Waals surface area contributed by atoms with Crippen LogP contribution in [0.15, 0.2) is 6.07 Å². The van der Waals surface area contributed by atoms with E-state index in [1.165, 1.54) is 0 Å². The van der Waals surface area contributed by atoms with E-state index in [-0.39, 0.29) is 6.29 Å². The number of nitro groups is 1. The zero-order chi connectivity index (χ0) is 12.3. The molecule has 1 rings (SSSR count). The van der Waals surface area contributed by atoms with Gasteiger partial charge in [-0.15, -0.1) is 0 Å². The van der Waals surface area contributed by atoms with E-state index in [0.29, 0.717) is 6.07 Å². The molecule has 0 spiro atoms. The Balaban J connectivity index is 3.48. The number of ether oxygens (including phenoxy) is 1. The Bertz CT molecular complexity index is 436. The lowest BCUT2D eigenvalue weighted by molar-refractivity contribution is -0.389. The third-order valence-electron chi connectivity index (χ3n) is 1.77. The molecule has 0 fully saturated rings. The number of aldehydes is 1. The number of carbonyl (C=O) groups excluding carboxylic acids is 1. The monoisotopic (exact) mass is 232 g/mol. The van der Waals surface area contributed by atoms with Crippen LogP contribution in [-0.4, -0.2) is 23.3 Å². The van der Waals surface area contributed by atoms with Gasteiger partial charge in [-0.3, -0.25) is 4.79 Å². The lowest BCUT2D eigenvalue weighted by Crippen LogP contribution is -2.04. The Kier molecular flexibility index (Phi) is 3.44. The Labute approximate surface area is 88.0 Å². The third-order valence-corrected chi connectivity index (χ3v) is 1.77. The van der Waals surface area contributed by atoms with Crippen molar-refractivity contribution in [1.29, 1.82) is 0 Å². The smallest absolute Gasteiger partial charge is 0.368 e. The quantitative estimate of drug-likeness (QED) is 0.448. The van der Waals surface area contributed by atoms with E-state index in [0.717, 1.165) is 7.11 Å². The molecule has 0 N–H and O–H groups in total. The first-order chi connectivity index (χ1) is 7.51. The lowest BCUT2D eigenvalue weighted by atomic mass is 10.1. The third kappa shape index (κ3) is 2.10. The summed E-state index contributed by atoms with van der Waals surface area (Å²) < 4.78 is 29.6. The lowest BCUT2D eigenvalue weighted by Gasteiger charge is -2.05. The fourth-order valence-electron chi connectivity index (χ4n) is 1.10. The second-order valence-corrected chi connectivity index (χ2v) is 2.67. The molecule has 0 bridgehead atoms. The molecule has 0 aromatic carbocycles. The first-order valence-corrected chi connectivity index (χ1v) is 3.98. The van der Waals surface area contributed by atoms with Gasteiger partial charge in [-0.1, -0.05) is 0 Å². The Hall–Kier alpha value is -2.12. The summed E-state index contributed by atoms with van der Waals surface area (Å²) in [4.78, 5) is 23.3. The summed E-state index contributed by atoms with van der Waals surface area (Å²) in [7, 11) is 1.03. The van der Waals surface area contributed by atoms with Crippen molar-refractivity contribution in [1.82, 2.24) is 4.98 Å². The molecule has 1 aromatic heterocycles. The van der Waals surface area contributed by atoms with Gasteiger partial charge in [-0.25, -0.2) is 8.78 Å². The van der Waals surface area contributed by atoms with Crippen LogP contribution in [0.2, 0.25) is 0 Å². The number of halogens is 2. The van der Waals surface area contributed by atoms with Crippen LogP contribution in [0.25, 0.3) is 0 Å². The maximum atomic E-state index is 12.5. The molecule has 0 radical (unpaired) electrons. The predicted molar refractivity (Wildman–Crippen MR) is 47.8 cm³/mol. The van der Waals surface area contributed by atoms with Crippen LogP contribution < -0.4 is 4.74 Å². The highest BCUT2D eigenvalue weighted by molar-refractivity contribution is 5.79. The number of methoxy groups -OCH3 is 1. The minimum atomic E-state index is -3.00. The number of aromatic nitrogens is 1. The molecule has 0 aliphatic rings. The van der Waals surface area contributed by atoms with E-state index in [1.807, 2.05) is 0 Å². The largest absolute Gasteiger partial charge is 0.462 e. The molecule has 1 aromatic rings. The topological polar surface area (TPSA) is 82.3 Å². The summed E-state index contributed by atoms with van der Waals surface area (Å²) in [5, 5.41) is 10.4. The van der Waals surface area contributed by atoms with E-state index in [9.17, 15) is 23.7 Å². The van der Waals surface area contributed by atoms with E-state index >= 15 is 0 Å². The van der Waals surface area contributed by atoms with Crippen LogP contribution in [0, 0.1) is 10.1 Å². The van der Waals surface area contributed by atoms with E-state index in [2.05, 4.69) is 9.72 Å². The fourth-order valence-corrected chi connectivity index (χ4v) is 1.10. The molecule has 0 amide bonds. The molecule has 1 heterocycles. The Morgan fingerprint density at radius 2 is 2.25 bits per heavy atom. The van der Waals surface area contributed by atoms with E-state index in [1.54, 1.807) is 0 Å². The first kappa shape index (κ1) is 12.0. The molecule has 0 aliphatic carbocycles. The van der Waals surface area contributed by atoms with Crippen molar-refractivity contribution in [2.24, 2.45) is 0 Å². The van der Waals surface area contributed by atoms with Gasteiger partial charge in [0.2, 0.25) is 0 Å². The molecular formula is C8H6F2N2O4. The highest BCUT2D eigenvalue weighted by Gasteiger charge is 2.27. The molecule has 0 saturated heterocycles. The Morgan fingerprint density at radius 1 is 1.62 bits per heavy atom. The molecule has 0 atom stereocenters. The molecule has 0 saturated carbocycles. The van der Waals surface area contributed by atoms with E-state index in [4.69, 9.17) is 0 Å². The first-order valence-electron chi connectivity index (χ1n) is 3.98. The molecule has 16 heavy (non-hydrogen) atoms. The summed E-state index contributed by atoms with van der Waals surface area (Å²) in [6, 6.07) is 0.678. The van der Waals surface area contributed by atoms with Crippen LogP contribution in [0.5, 0.6) is 5.88 Å². The molecule has 0 aliphatic heterocycles. The van der Waals surface area contributed by atoms with Gasteiger partial charge in [0.1, 0.15) is 5.56 Å². The summed E-state index contributed by atoms with van der Waals surface area (Å²) in [5.41, 5.74) is -1.25. The normalized spacial score (nSPS) is 10.2. The number of hydrogen-bond donors (Lipinski definition) is 0. The standard InChI is InChI=1S/C8H6F2N2O4/c1-16-8-6(7(9)10)4(3-13)2-5(11-8)12(14)15/h2-3,7H,1H3. The zero-order valence-corrected chi connectivity index (χ0v) is 8.02. The van der Waals surface area contributed by atoms with Crippen LogP contribution >= 0.6 is 0 Å². The number of rotatable bonds is 4.